The lowest BCUT2D eigenvalue weighted by molar-refractivity contribution is -0.143. The van der Waals surface area contributed by atoms with Gasteiger partial charge in [-0.25, -0.2) is 0 Å². The molecule has 1 saturated heterocycles. The third kappa shape index (κ3) is 6.02. The van der Waals surface area contributed by atoms with Gasteiger partial charge < -0.3 is 10.6 Å². The van der Waals surface area contributed by atoms with E-state index in [0.717, 1.165) is 25.2 Å². The molecule has 0 amide bonds. The number of hydrogen-bond donors (Lipinski definition) is 2. The average molecular weight is 320 g/mol. The number of hydrogen-bond acceptors (Lipinski definition) is 2. The fourth-order valence-corrected chi connectivity index (χ4v) is 3.27. The molecule has 0 aromatic heterocycles. The number of halogens is 3. The van der Waals surface area contributed by atoms with E-state index in [1.807, 2.05) is 6.92 Å². The average Bonchev–Trinajstić information content (AvgIpc) is 2.85. The van der Waals surface area contributed by atoms with Crippen LogP contribution in [-0.2, 0) is 0 Å². The van der Waals surface area contributed by atoms with Crippen LogP contribution in [0.2, 0.25) is 0 Å². The summed E-state index contributed by atoms with van der Waals surface area (Å²) in [6, 6.07) is 0.489. The summed E-state index contributed by atoms with van der Waals surface area (Å²) in [5.74, 6) is 0.758. The van der Waals surface area contributed by atoms with Crippen LogP contribution >= 0.6 is 0 Å². The van der Waals surface area contributed by atoms with Crippen molar-refractivity contribution in [1.29, 1.82) is 0 Å². The van der Waals surface area contributed by atoms with Crippen molar-refractivity contribution >= 4 is 5.96 Å². The van der Waals surface area contributed by atoms with Crippen molar-refractivity contribution < 1.29 is 13.2 Å². The molecule has 2 fully saturated rings. The maximum absolute atomic E-state index is 12.4. The van der Waals surface area contributed by atoms with E-state index >= 15 is 0 Å². The normalized spacial score (nSPS) is 25.5. The smallest absolute Gasteiger partial charge is 0.354 e. The fourth-order valence-electron chi connectivity index (χ4n) is 3.27. The number of nitrogens with one attached hydrogen (secondary N) is 2. The van der Waals surface area contributed by atoms with Gasteiger partial charge in [0.25, 0.3) is 0 Å². The highest BCUT2D eigenvalue weighted by Gasteiger charge is 2.34. The van der Waals surface area contributed by atoms with Gasteiger partial charge in [-0.15, -0.1) is 0 Å². The SMILES string of the molecule is CCN=C(NC1CCCCC1)NC1CCN(CC(F)(F)F)C1. The highest BCUT2D eigenvalue weighted by atomic mass is 19.4. The van der Waals surface area contributed by atoms with Crippen molar-refractivity contribution in [2.75, 3.05) is 26.2 Å². The number of aliphatic imine (C=N–C) groups is 1. The molecule has 4 nitrogen and oxygen atoms in total. The van der Waals surface area contributed by atoms with Crippen molar-refractivity contribution in [3.63, 3.8) is 0 Å². The van der Waals surface area contributed by atoms with Gasteiger partial charge in [-0.3, -0.25) is 9.89 Å². The highest BCUT2D eigenvalue weighted by molar-refractivity contribution is 5.80. The summed E-state index contributed by atoms with van der Waals surface area (Å²) >= 11 is 0. The molecule has 1 saturated carbocycles. The summed E-state index contributed by atoms with van der Waals surface area (Å²) in [6.07, 6.45) is 2.67. The van der Waals surface area contributed by atoms with Crippen molar-refractivity contribution in [2.45, 2.75) is 63.7 Å². The Kier molecular flexibility index (Phi) is 6.35. The molecule has 2 N–H and O–H groups in total. The van der Waals surface area contributed by atoms with Gasteiger partial charge >= 0.3 is 6.18 Å². The second-order valence-corrected chi connectivity index (χ2v) is 6.28. The second-order valence-electron chi connectivity index (χ2n) is 6.28. The molecule has 0 spiro atoms. The number of nitrogens with zero attached hydrogens (tertiary/aromatic N) is 2. The van der Waals surface area contributed by atoms with Gasteiger partial charge in [0.1, 0.15) is 0 Å². The van der Waals surface area contributed by atoms with E-state index < -0.39 is 12.7 Å². The zero-order valence-corrected chi connectivity index (χ0v) is 13.3. The number of guanidine groups is 1. The zero-order chi connectivity index (χ0) is 16.0. The summed E-state index contributed by atoms with van der Waals surface area (Å²) in [5.41, 5.74) is 0. The number of rotatable bonds is 4. The quantitative estimate of drug-likeness (QED) is 0.618. The summed E-state index contributed by atoms with van der Waals surface area (Å²) in [5, 5.41) is 6.75. The molecule has 1 aliphatic carbocycles. The van der Waals surface area contributed by atoms with Crippen LogP contribution in [0.1, 0.15) is 45.4 Å². The van der Waals surface area contributed by atoms with E-state index in [4.69, 9.17) is 0 Å². The molecule has 22 heavy (non-hydrogen) atoms. The van der Waals surface area contributed by atoms with Gasteiger partial charge in [0, 0.05) is 31.7 Å². The van der Waals surface area contributed by atoms with Gasteiger partial charge in [0.2, 0.25) is 0 Å². The lowest BCUT2D eigenvalue weighted by Gasteiger charge is -2.26. The summed E-state index contributed by atoms with van der Waals surface area (Å²) in [4.78, 5) is 5.90. The second kappa shape index (κ2) is 8.04. The van der Waals surface area contributed by atoms with Crippen molar-refractivity contribution in [3.8, 4) is 0 Å². The van der Waals surface area contributed by atoms with E-state index in [1.54, 1.807) is 0 Å². The predicted octanol–water partition coefficient (Wildman–Crippen LogP) is 2.51. The molecule has 7 heteroatoms. The molecular weight excluding hydrogens is 293 g/mol. The molecule has 2 rings (SSSR count). The molecule has 1 heterocycles. The highest BCUT2D eigenvalue weighted by Crippen LogP contribution is 2.20. The first-order valence-electron chi connectivity index (χ1n) is 8.33. The van der Waals surface area contributed by atoms with E-state index in [1.165, 1.54) is 24.2 Å². The zero-order valence-electron chi connectivity index (χ0n) is 13.3. The summed E-state index contributed by atoms with van der Waals surface area (Å²) in [6.45, 7) is 2.73. The van der Waals surface area contributed by atoms with Crippen LogP contribution in [0.4, 0.5) is 13.2 Å². The standard InChI is InChI=1S/C15H27F3N4/c1-2-19-14(20-12-6-4-3-5-7-12)21-13-8-9-22(10-13)11-15(16,17)18/h12-13H,2-11H2,1H3,(H2,19,20,21). The van der Waals surface area contributed by atoms with Gasteiger partial charge in [0.05, 0.1) is 6.54 Å². The first kappa shape index (κ1) is 17.4. The Hall–Kier alpha value is -0.980. The third-order valence-corrected chi connectivity index (χ3v) is 4.28. The van der Waals surface area contributed by atoms with Gasteiger partial charge in [0.15, 0.2) is 5.96 Å². The molecule has 1 aliphatic heterocycles. The lowest BCUT2D eigenvalue weighted by atomic mass is 9.96. The Morgan fingerprint density at radius 3 is 2.41 bits per heavy atom. The van der Waals surface area contributed by atoms with Gasteiger partial charge in [-0.1, -0.05) is 19.3 Å². The van der Waals surface area contributed by atoms with Crippen LogP contribution in [0, 0.1) is 0 Å². The van der Waals surface area contributed by atoms with E-state index in [9.17, 15) is 13.2 Å². The van der Waals surface area contributed by atoms with E-state index in [0.29, 0.717) is 25.7 Å². The minimum atomic E-state index is -4.12. The molecule has 128 valence electrons. The van der Waals surface area contributed by atoms with Crippen molar-refractivity contribution in [2.24, 2.45) is 4.99 Å². The maximum Gasteiger partial charge on any atom is 0.401 e. The molecule has 0 bridgehead atoms. The summed E-state index contributed by atoms with van der Waals surface area (Å²) in [7, 11) is 0. The van der Waals surface area contributed by atoms with Crippen molar-refractivity contribution in [1.82, 2.24) is 15.5 Å². The maximum atomic E-state index is 12.4. The van der Waals surface area contributed by atoms with Crippen LogP contribution < -0.4 is 10.6 Å². The molecule has 0 radical (unpaired) electrons. The van der Waals surface area contributed by atoms with Crippen LogP contribution in [0.15, 0.2) is 4.99 Å². The Morgan fingerprint density at radius 2 is 1.77 bits per heavy atom. The van der Waals surface area contributed by atoms with E-state index in [-0.39, 0.29) is 6.04 Å². The minimum Gasteiger partial charge on any atom is -0.354 e. The molecule has 0 aromatic rings. The van der Waals surface area contributed by atoms with Crippen LogP contribution in [-0.4, -0.2) is 55.3 Å². The fraction of sp³-hybridized carbons (Fsp3) is 0.933. The first-order valence-corrected chi connectivity index (χ1v) is 8.33. The molecular formula is C15H27F3N4. The van der Waals surface area contributed by atoms with Crippen LogP contribution in [0.3, 0.4) is 0 Å². The van der Waals surface area contributed by atoms with Gasteiger partial charge in [-0.2, -0.15) is 13.2 Å². The Balaban J connectivity index is 1.80. The van der Waals surface area contributed by atoms with Crippen LogP contribution in [0.5, 0.6) is 0 Å². The first-order chi connectivity index (χ1) is 10.5. The Morgan fingerprint density at radius 1 is 1.09 bits per heavy atom. The van der Waals surface area contributed by atoms with Gasteiger partial charge in [-0.05, 0) is 26.2 Å². The number of likely N-dealkylation sites (tertiary alicyclic amines) is 1. The molecule has 0 aromatic carbocycles. The largest absolute Gasteiger partial charge is 0.401 e. The Labute approximate surface area is 130 Å². The van der Waals surface area contributed by atoms with E-state index in [2.05, 4.69) is 15.6 Å². The third-order valence-electron chi connectivity index (χ3n) is 4.28. The summed E-state index contributed by atoms with van der Waals surface area (Å²) < 4.78 is 37.3. The minimum absolute atomic E-state index is 0.0451. The topological polar surface area (TPSA) is 39.7 Å². The van der Waals surface area contributed by atoms with Crippen molar-refractivity contribution in [3.05, 3.63) is 0 Å². The predicted molar refractivity (Wildman–Crippen MR) is 82.0 cm³/mol. The molecule has 1 unspecified atom stereocenters. The molecule has 2 aliphatic rings. The van der Waals surface area contributed by atoms with Crippen LogP contribution in [0.25, 0.3) is 0 Å². The molecule has 1 atom stereocenters. The monoisotopic (exact) mass is 320 g/mol. The number of alkyl halides is 3. The lowest BCUT2D eigenvalue weighted by Crippen LogP contribution is -2.49. The Bertz CT molecular complexity index is 364.